The number of esters is 2. The van der Waals surface area contributed by atoms with Crippen LogP contribution in [0, 0.1) is 28.4 Å². The highest BCUT2D eigenvalue weighted by Gasteiger charge is 2.46. The van der Waals surface area contributed by atoms with Crippen LogP contribution in [-0.2, 0) is 14.3 Å². The molecule has 23 heavy (non-hydrogen) atoms. The lowest BCUT2D eigenvalue weighted by Gasteiger charge is -2.26. The van der Waals surface area contributed by atoms with Gasteiger partial charge in [-0.15, -0.1) is 0 Å². The van der Waals surface area contributed by atoms with Crippen LogP contribution in [0.15, 0.2) is 18.2 Å². The van der Waals surface area contributed by atoms with E-state index in [9.17, 15) is 18.4 Å². The first-order valence-electron chi connectivity index (χ1n) is 7.12. The molecule has 0 N–H and O–H groups in total. The Morgan fingerprint density at radius 1 is 1.17 bits per heavy atom. The maximum absolute atomic E-state index is 13.2. The van der Waals surface area contributed by atoms with Crippen molar-refractivity contribution in [1.82, 2.24) is 0 Å². The number of nitrogens with zero attached hydrogens (tertiary/aromatic N) is 1. The van der Waals surface area contributed by atoms with E-state index in [1.54, 1.807) is 13.8 Å². The Morgan fingerprint density at radius 2 is 1.83 bits per heavy atom. The van der Waals surface area contributed by atoms with Crippen molar-refractivity contribution in [3.8, 4) is 11.8 Å². The van der Waals surface area contributed by atoms with E-state index < -0.39 is 29.0 Å². The van der Waals surface area contributed by atoms with Crippen molar-refractivity contribution in [3.05, 3.63) is 29.8 Å². The van der Waals surface area contributed by atoms with Gasteiger partial charge in [-0.25, -0.2) is 8.78 Å². The Morgan fingerprint density at radius 3 is 2.35 bits per heavy atom. The monoisotopic (exact) mass is 325 g/mol. The highest BCUT2D eigenvalue weighted by atomic mass is 19.2. The van der Waals surface area contributed by atoms with E-state index in [4.69, 9.17) is 14.7 Å². The zero-order chi connectivity index (χ0) is 17.5. The Balaban J connectivity index is 2.94. The Bertz CT molecular complexity index is 621. The van der Waals surface area contributed by atoms with Gasteiger partial charge in [0.15, 0.2) is 17.0 Å². The first kappa shape index (κ1) is 18.6. The topological polar surface area (TPSA) is 76.4 Å². The van der Waals surface area contributed by atoms with Crippen LogP contribution >= 0.6 is 0 Å². The number of hydrogen-bond acceptors (Lipinski definition) is 5. The van der Waals surface area contributed by atoms with E-state index in [-0.39, 0.29) is 31.6 Å². The van der Waals surface area contributed by atoms with Crippen LogP contribution in [0.25, 0.3) is 0 Å². The fraction of sp³-hybridized carbons (Fsp3) is 0.438. The molecular formula is C16H17F2NO4. The number of halogens is 2. The van der Waals surface area contributed by atoms with E-state index in [0.717, 1.165) is 18.2 Å². The maximum atomic E-state index is 13.2. The van der Waals surface area contributed by atoms with Crippen LogP contribution < -0.4 is 4.74 Å². The molecule has 1 aromatic rings. The summed E-state index contributed by atoms with van der Waals surface area (Å²) in [6.07, 6.45) is 0.224. The van der Waals surface area contributed by atoms with Gasteiger partial charge in [-0.1, -0.05) is 13.8 Å². The van der Waals surface area contributed by atoms with Gasteiger partial charge in [0, 0.05) is 6.07 Å². The van der Waals surface area contributed by atoms with Crippen LogP contribution in [0.5, 0.6) is 5.75 Å². The third-order valence-electron chi connectivity index (χ3n) is 3.54. The molecule has 0 atom stereocenters. The third kappa shape index (κ3) is 4.25. The molecule has 0 amide bonds. The molecule has 0 bridgehead atoms. The van der Waals surface area contributed by atoms with Crippen LogP contribution in [0.4, 0.5) is 8.78 Å². The average Bonchev–Trinajstić information content (AvgIpc) is 2.53. The minimum atomic E-state index is -1.56. The summed E-state index contributed by atoms with van der Waals surface area (Å²) in [6, 6.07) is 4.46. The van der Waals surface area contributed by atoms with Gasteiger partial charge < -0.3 is 9.47 Å². The second-order valence-electron chi connectivity index (χ2n) is 4.80. The molecular weight excluding hydrogens is 308 g/mol. The number of rotatable bonds is 7. The number of ether oxygens (including phenoxy) is 2. The first-order valence-corrected chi connectivity index (χ1v) is 7.12. The summed E-state index contributed by atoms with van der Waals surface area (Å²) in [7, 11) is 0. The summed E-state index contributed by atoms with van der Waals surface area (Å²) in [4.78, 5) is 24.6. The predicted octanol–water partition coefficient (Wildman–Crippen LogP) is 3.13. The van der Waals surface area contributed by atoms with Crippen molar-refractivity contribution in [2.45, 2.75) is 33.1 Å². The maximum Gasteiger partial charge on any atom is 0.328 e. The van der Waals surface area contributed by atoms with Crippen LogP contribution in [0.1, 0.15) is 33.1 Å². The first-order chi connectivity index (χ1) is 10.9. The third-order valence-corrected chi connectivity index (χ3v) is 3.54. The highest BCUT2D eigenvalue weighted by Crippen LogP contribution is 2.31. The summed E-state index contributed by atoms with van der Waals surface area (Å²) < 4.78 is 36.0. The average molecular weight is 325 g/mol. The number of benzene rings is 1. The van der Waals surface area contributed by atoms with E-state index in [1.807, 2.05) is 6.07 Å². The number of nitriles is 1. The molecule has 0 fully saturated rings. The molecule has 0 aromatic heterocycles. The standard InChI is InChI=1S/C16H17F2NO4/c1-3-16(4-2,14(20)22-9-5-8-19)15(21)23-11-6-7-12(17)13(18)10-11/h6-7,10H,3-5,9H2,1-2H3. The molecule has 0 radical (unpaired) electrons. The summed E-state index contributed by atoms with van der Waals surface area (Å²) in [5.41, 5.74) is -1.56. The van der Waals surface area contributed by atoms with Crippen molar-refractivity contribution >= 4 is 11.9 Å². The van der Waals surface area contributed by atoms with E-state index in [1.165, 1.54) is 0 Å². The van der Waals surface area contributed by atoms with Gasteiger partial charge >= 0.3 is 11.9 Å². The molecule has 1 aromatic carbocycles. The van der Waals surface area contributed by atoms with Crippen molar-refractivity contribution in [1.29, 1.82) is 5.26 Å². The predicted molar refractivity (Wildman–Crippen MR) is 76.2 cm³/mol. The van der Waals surface area contributed by atoms with Gasteiger partial charge in [0.2, 0.25) is 0 Å². The SMILES string of the molecule is CCC(CC)(C(=O)OCCC#N)C(=O)Oc1ccc(F)c(F)c1. The van der Waals surface area contributed by atoms with Gasteiger partial charge in [0.1, 0.15) is 12.4 Å². The molecule has 0 unspecified atom stereocenters. The van der Waals surface area contributed by atoms with Crippen molar-refractivity contribution in [2.75, 3.05) is 6.61 Å². The van der Waals surface area contributed by atoms with Crippen molar-refractivity contribution < 1.29 is 27.8 Å². The fourth-order valence-corrected chi connectivity index (χ4v) is 1.98. The molecule has 5 nitrogen and oxygen atoms in total. The van der Waals surface area contributed by atoms with Gasteiger partial charge in [0.05, 0.1) is 12.5 Å². The number of hydrogen-bond donors (Lipinski definition) is 0. The zero-order valence-electron chi connectivity index (χ0n) is 12.9. The second-order valence-corrected chi connectivity index (χ2v) is 4.80. The zero-order valence-corrected chi connectivity index (χ0v) is 12.9. The molecule has 0 aliphatic heterocycles. The Kier molecular flexibility index (Phi) is 6.64. The summed E-state index contributed by atoms with van der Waals surface area (Å²) in [5.74, 6) is -4.14. The van der Waals surface area contributed by atoms with Gasteiger partial charge in [-0.3, -0.25) is 9.59 Å². The Labute approximate surface area is 132 Å². The van der Waals surface area contributed by atoms with Crippen molar-refractivity contribution in [3.63, 3.8) is 0 Å². The number of carbonyl (C=O) groups excluding carboxylic acids is 2. The molecule has 0 saturated heterocycles. The summed E-state index contributed by atoms with van der Waals surface area (Å²) in [6.45, 7) is 3.10. The van der Waals surface area contributed by atoms with Crippen molar-refractivity contribution in [2.24, 2.45) is 5.41 Å². The minimum absolute atomic E-state index is 0.00741. The largest absolute Gasteiger partial charge is 0.464 e. The molecule has 1 rings (SSSR count). The normalized spacial score (nSPS) is 10.7. The molecule has 0 aliphatic rings. The van der Waals surface area contributed by atoms with Gasteiger partial charge in [-0.05, 0) is 25.0 Å². The fourth-order valence-electron chi connectivity index (χ4n) is 1.98. The summed E-state index contributed by atoms with van der Waals surface area (Å²) in [5, 5.41) is 8.45. The molecule has 7 heteroatoms. The van der Waals surface area contributed by atoms with Gasteiger partial charge in [0.25, 0.3) is 0 Å². The lowest BCUT2D eigenvalue weighted by Crippen LogP contribution is -2.42. The molecule has 0 heterocycles. The summed E-state index contributed by atoms with van der Waals surface area (Å²) >= 11 is 0. The molecule has 124 valence electrons. The van der Waals surface area contributed by atoms with E-state index in [0.29, 0.717) is 0 Å². The Hall–Kier alpha value is -2.49. The quantitative estimate of drug-likeness (QED) is 0.333. The smallest absolute Gasteiger partial charge is 0.328 e. The van der Waals surface area contributed by atoms with E-state index in [2.05, 4.69) is 0 Å². The van der Waals surface area contributed by atoms with E-state index >= 15 is 0 Å². The lowest BCUT2D eigenvalue weighted by atomic mass is 9.82. The second kappa shape index (κ2) is 8.22. The lowest BCUT2D eigenvalue weighted by molar-refractivity contribution is -0.168. The molecule has 0 aliphatic carbocycles. The van der Waals surface area contributed by atoms with Crippen LogP contribution in [-0.4, -0.2) is 18.5 Å². The number of carbonyl (C=O) groups is 2. The molecule has 0 saturated carbocycles. The minimum Gasteiger partial charge on any atom is -0.464 e. The van der Waals surface area contributed by atoms with Crippen LogP contribution in [0.2, 0.25) is 0 Å². The molecule has 0 spiro atoms. The van der Waals surface area contributed by atoms with Crippen LogP contribution in [0.3, 0.4) is 0 Å². The highest BCUT2D eigenvalue weighted by molar-refractivity contribution is 6.00. The van der Waals surface area contributed by atoms with Gasteiger partial charge in [-0.2, -0.15) is 5.26 Å².